The van der Waals surface area contributed by atoms with Gasteiger partial charge in [-0.15, -0.1) is 10.2 Å². The van der Waals surface area contributed by atoms with E-state index in [2.05, 4.69) is 48.7 Å². The van der Waals surface area contributed by atoms with Crippen LogP contribution in [0.3, 0.4) is 0 Å². The van der Waals surface area contributed by atoms with Crippen LogP contribution in [0.5, 0.6) is 0 Å². The van der Waals surface area contributed by atoms with Crippen LogP contribution in [0.2, 0.25) is 0 Å². The van der Waals surface area contributed by atoms with E-state index in [4.69, 9.17) is 9.40 Å². The number of nitrogens with one attached hydrogen (secondary N) is 1. The Hall–Kier alpha value is -3.96. The van der Waals surface area contributed by atoms with Gasteiger partial charge >= 0.3 is 0 Å². The highest BCUT2D eigenvalue weighted by atomic mass is 16.4. The largest absolute Gasteiger partial charge is 0.418 e. The summed E-state index contributed by atoms with van der Waals surface area (Å²) in [6.45, 7) is 8.98. The summed E-state index contributed by atoms with van der Waals surface area (Å²) >= 11 is 0. The molecular formula is C30H36N8O3. The molecule has 0 saturated carbocycles. The Morgan fingerprint density at radius 3 is 2.88 bits per heavy atom. The minimum Gasteiger partial charge on any atom is -0.418 e. The number of aromatic nitrogens is 6. The summed E-state index contributed by atoms with van der Waals surface area (Å²) in [4.78, 5) is 24.7. The number of aliphatic hydroxyl groups is 1. The zero-order chi connectivity index (χ0) is 28.6. The summed E-state index contributed by atoms with van der Waals surface area (Å²) in [5.74, 6) is 0.890. The van der Waals surface area contributed by atoms with Gasteiger partial charge in [-0.1, -0.05) is 32.9 Å². The predicted octanol–water partition coefficient (Wildman–Crippen LogP) is 4.27. The predicted molar refractivity (Wildman–Crippen MR) is 153 cm³/mol. The van der Waals surface area contributed by atoms with Gasteiger partial charge in [0.25, 0.3) is 5.89 Å². The maximum atomic E-state index is 13.2. The molecule has 5 heterocycles. The first-order valence-electron chi connectivity index (χ1n) is 14.3. The topological polar surface area (TPSA) is 135 Å². The zero-order valence-electron chi connectivity index (χ0n) is 23.8. The van der Waals surface area contributed by atoms with Crippen molar-refractivity contribution in [3.05, 3.63) is 65.3 Å². The second kappa shape index (κ2) is 11.1. The third-order valence-corrected chi connectivity index (χ3v) is 7.85. The number of ketones is 1. The number of rotatable bonds is 8. The highest BCUT2D eigenvalue weighted by molar-refractivity contribution is 5.92. The maximum Gasteiger partial charge on any atom is 0.284 e. The van der Waals surface area contributed by atoms with E-state index >= 15 is 0 Å². The van der Waals surface area contributed by atoms with Crippen molar-refractivity contribution in [1.29, 1.82) is 0 Å². The Morgan fingerprint density at radius 1 is 1.20 bits per heavy atom. The molecule has 0 fully saturated rings. The standard InChI is InChI=1S/C30H36N8O3/c1-30(2,3)28-36-35-27(41-28)26(40)16-19-9-12-37(13-14-39)18-21-15-20(6-7-22(19)21)23-8-10-31-29(33-23)34-24-17-32-38-11-4-5-25(24)38/h6-8,10,15,17,19,39H,4-5,9,11-14,16,18H2,1-3H3,(H,31,33,34)/t19-/m0/s1. The van der Waals surface area contributed by atoms with Gasteiger partial charge < -0.3 is 14.8 Å². The fourth-order valence-corrected chi connectivity index (χ4v) is 5.68. The minimum atomic E-state index is -0.322. The molecule has 2 aliphatic heterocycles. The lowest BCUT2D eigenvalue weighted by atomic mass is 9.87. The van der Waals surface area contributed by atoms with Gasteiger partial charge in [0, 0.05) is 43.2 Å². The van der Waals surface area contributed by atoms with Crippen molar-refractivity contribution >= 4 is 17.4 Å². The monoisotopic (exact) mass is 556 g/mol. The molecule has 0 bridgehead atoms. The molecule has 0 unspecified atom stereocenters. The fraction of sp³-hybridized carbons (Fsp3) is 0.467. The molecule has 2 N–H and O–H groups in total. The Labute approximate surface area is 239 Å². The second-order valence-electron chi connectivity index (χ2n) is 11.9. The van der Waals surface area contributed by atoms with Crippen molar-refractivity contribution in [3.8, 4) is 11.3 Å². The summed E-state index contributed by atoms with van der Waals surface area (Å²) in [6.07, 6.45) is 6.75. The van der Waals surface area contributed by atoms with Crippen molar-refractivity contribution in [2.24, 2.45) is 0 Å². The third kappa shape index (κ3) is 5.77. The van der Waals surface area contributed by atoms with Gasteiger partial charge in [0.1, 0.15) is 0 Å². The molecule has 0 amide bonds. The Balaban J connectivity index is 1.26. The number of nitrogens with zero attached hydrogens (tertiary/aromatic N) is 7. The number of benzene rings is 1. The van der Waals surface area contributed by atoms with E-state index in [1.807, 2.05) is 37.7 Å². The van der Waals surface area contributed by atoms with Gasteiger partial charge in [-0.3, -0.25) is 14.4 Å². The summed E-state index contributed by atoms with van der Waals surface area (Å²) in [5, 5.41) is 25.6. The number of aryl methyl sites for hydroxylation is 1. The van der Waals surface area contributed by atoms with E-state index < -0.39 is 0 Å². The Kier molecular flexibility index (Phi) is 7.39. The number of anilines is 2. The smallest absolute Gasteiger partial charge is 0.284 e. The minimum absolute atomic E-state index is 0.00714. The van der Waals surface area contributed by atoms with Crippen molar-refractivity contribution in [1.82, 2.24) is 34.8 Å². The van der Waals surface area contributed by atoms with Crippen LogP contribution in [-0.4, -0.2) is 65.4 Å². The average Bonchev–Trinajstić information content (AvgIpc) is 3.68. The van der Waals surface area contributed by atoms with Crippen LogP contribution < -0.4 is 5.32 Å². The molecule has 1 atom stereocenters. The lowest BCUT2D eigenvalue weighted by Gasteiger charge is -2.19. The van der Waals surface area contributed by atoms with E-state index in [0.717, 1.165) is 60.4 Å². The van der Waals surface area contributed by atoms with Crippen molar-refractivity contribution in [2.75, 3.05) is 25.0 Å². The van der Waals surface area contributed by atoms with Gasteiger partial charge in [0.05, 0.1) is 29.9 Å². The molecule has 11 heteroatoms. The summed E-state index contributed by atoms with van der Waals surface area (Å²) in [7, 11) is 0. The van der Waals surface area contributed by atoms with Crippen LogP contribution in [0.1, 0.15) is 79.3 Å². The highest BCUT2D eigenvalue weighted by Gasteiger charge is 2.29. The number of hydrogen-bond donors (Lipinski definition) is 2. The second-order valence-corrected chi connectivity index (χ2v) is 11.9. The van der Waals surface area contributed by atoms with E-state index in [9.17, 15) is 9.90 Å². The molecule has 0 saturated heterocycles. The number of fused-ring (bicyclic) bond motifs is 2. The van der Waals surface area contributed by atoms with Crippen molar-refractivity contribution in [2.45, 2.75) is 70.9 Å². The Morgan fingerprint density at radius 2 is 2.07 bits per heavy atom. The molecule has 3 aromatic heterocycles. The number of carbonyl (C=O) groups is 1. The molecule has 0 aliphatic carbocycles. The molecule has 4 aromatic rings. The molecule has 0 spiro atoms. The molecule has 41 heavy (non-hydrogen) atoms. The zero-order valence-corrected chi connectivity index (χ0v) is 23.8. The average molecular weight is 557 g/mol. The SMILES string of the molecule is CC(C)(C)c1nnc(C(=O)C[C@@H]2CCN(CCO)Cc3cc(-c4ccnc(Nc5cnn6c5CCC6)n4)ccc32)o1. The molecule has 0 radical (unpaired) electrons. The lowest BCUT2D eigenvalue weighted by Crippen LogP contribution is -2.26. The van der Waals surface area contributed by atoms with E-state index in [-0.39, 0.29) is 36.0 Å². The quantitative estimate of drug-likeness (QED) is 0.303. The number of β-amino-alcohol motifs (C(OH)–C–C–N with tert-alkyl or cyclic N) is 1. The van der Waals surface area contributed by atoms with Gasteiger partial charge in [-0.25, -0.2) is 9.97 Å². The molecule has 214 valence electrons. The van der Waals surface area contributed by atoms with Crippen molar-refractivity contribution in [3.63, 3.8) is 0 Å². The molecule has 11 nitrogen and oxygen atoms in total. The number of aliphatic hydroxyl groups excluding tert-OH is 1. The van der Waals surface area contributed by atoms with Crippen LogP contribution in [0.4, 0.5) is 11.6 Å². The Bertz CT molecular complexity index is 1550. The van der Waals surface area contributed by atoms with Crippen LogP contribution in [-0.2, 0) is 24.9 Å². The fourth-order valence-electron chi connectivity index (χ4n) is 5.68. The highest BCUT2D eigenvalue weighted by Crippen LogP contribution is 2.35. The molecule has 6 rings (SSSR count). The number of Topliss-reactive ketones (excluding diaryl/α,β-unsaturated/α-hetero) is 1. The number of hydrogen-bond acceptors (Lipinski definition) is 10. The first-order chi connectivity index (χ1) is 19.8. The maximum absolute atomic E-state index is 13.2. The lowest BCUT2D eigenvalue weighted by molar-refractivity contribution is 0.0933. The number of carbonyl (C=O) groups excluding carboxylic acids is 1. The normalized spacial score (nSPS) is 17.2. The third-order valence-electron chi connectivity index (χ3n) is 7.85. The first-order valence-corrected chi connectivity index (χ1v) is 14.3. The van der Waals surface area contributed by atoms with Gasteiger partial charge in [0.15, 0.2) is 0 Å². The van der Waals surface area contributed by atoms with Gasteiger partial charge in [-0.2, -0.15) is 5.10 Å². The molecular weight excluding hydrogens is 520 g/mol. The van der Waals surface area contributed by atoms with E-state index in [1.54, 1.807) is 6.20 Å². The van der Waals surface area contributed by atoms with Crippen LogP contribution in [0.25, 0.3) is 11.3 Å². The van der Waals surface area contributed by atoms with Crippen LogP contribution in [0.15, 0.2) is 41.1 Å². The van der Waals surface area contributed by atoms with Crippen LogP contribution in [0, 0.1) is 0 Å². The molecule has 2 aliphatic rings. The first kappa shape index (κ1) is 27.2. The van der Waals surface area contributed by atoms with Crippen molar-refractivity contribution < 1.29 is 14.3 Å². The van der Waals surface area contributed by atoms with Gasteiger partial charge in [-0.05, 0) is 55.0 Å². The molecule has 1 aromatic carbocycles. The van der Waals surface area contributed by atoms with E-state index in [0.29, 0.717) is 24.9 Å². The summed E-state index contributed by atoms with van der Waals surface area (Å²) in [6, 6.07) is 8.23. The van der Waals surface area contributed by atoms with Gasteiger partial charge in [0.2, 0.25) is 17.6 Å². The van der Waals surface area contributed by atoms with Crippen LogP contribution >= 0.6 is 0 Å². The van der Waals surface area contributed by atoms with E-state index in [1.165, 1.54) is 5.69 Å². The summed E-state index contributed by atoms with van der Waals surface area (Å²) < 4.78 is 7.77. The summed E-state index contributed by atoms with van der Waals surface area (Å²) in [5.41, 5.74) is 5.83.